The molecular formula is C27H25N3O2. The topological polar surface area (TPSA) is 64.1 Å². The maximum absolute atomic E-state index is 12.8. The molecule has 4 rings (SSSR count). The van der Waals surface area contributed by atoms with E-state index in [4.69, 9.17) is 4.74 Å². The standard InChI is InChI=1S/C27H25N3O2/c1-18-7-11-21(12-8-18)20(3)29-27(31)23-5-4-6-24(17-23)32-25-15-16-28-26(30-25)22-13-9-19(2)10-14-22/h4-17,20H,1-3H3,(H,29,31)/t20-/m1/s1. The van der Waals surface area contributed by atoms with E-state index in [2.05, 4.69) is 15.3 Å². The molecule has 1 amide bonds. The number of nitrogens with zero attached hydrogens (tertiary/aromatic N) is 2. The Morgan fingerprint density at radius 3 is 2.31 bits per heavy atom. The Labute approximate surface area is 188 Å². The zero-order chi connectivity index (χ0) is 22.5. The van der Waals surface area contributed by atoms with Gasteiger partial charge in [-0.25, -0.2) is 4.98 Å². The van der Waals surface area contributed by atoms with Crippen LogP contribution in [0.4, 0.5) is 0 Å². The molecule has 0 saturated heterocycles. The number of aromatic nitrogens is 2. The van der Waals surface area contributed by atoms with E-state index in [-0.39, 0.29) is 11.9 Å². The smallest absolute Gasteiger partial charge is 0.251 e. The first kappa shape index (κ1) is 21.2. The molecule has 1 N–H and O–H groups in total. The van der Waals surface area contributed by atoms with Crippen LogP contribution in [-0.4, -0.2) is 15.9 Å². The van der Waals surface area contributed by atoms with Gasteiger partial charge in [0.25, 0.3) is 5.91 Å². The van der Waals surface area contributed by atoms with E-state index < -0.39 is 0 Å². The van der Waals surface area contributed by atoms with E-state index in [0.29, 0.717) is 23.0 Å². The van der Waals surface area contributed by atoms with Crippen LogP contribution in [0.15, 0.2) is 85.1 Å². The van der Waals surface area contributed by atoms with Crippen molar-refractivity contribution in [2.24, 2.45) is 0 Å². The molecule has 0 aliphatic rings. The summed E-state index contributed by atoms with van der Waals surface area (Å²) in [5.74, 6) is 1.38. The van der Waals surface area contributed by atoms with E-state index in [0.717, 1.165) is 11.1 Å². The third-order valence-corrected chi connectivity index (χ3v) is 5.18. The second-order valence-electron chi connectivity index (χ2n) is 7.82. The van der Waals surface area contributed by atoms with Gasteiger partial charge in [0.05, 0.1) is 6.04 Å². The SMILES string of the molecule is Cc1ccc(-c2nccc(Oc3cccc(C(=O)N[C@H](C)c4ccc(C)cc4)c3)n2)cc1. The first-order chi connectivity index (χ1) is 15.5. The molecule has 5 nitrogen and oxygen atoms in total. The van der Waals surface area contributed by atoms with Gasteiger partial charge in [-0.1, -0.05) is 65.7 Å². The van der Waals surface area contributed by atoms with Gasteiger partial charge in [-0.05, 0) is 44.5 Å². The minimum absolute atomic E-state index is 0.105. The Morgan fingerprint density at radius 2 is 1.59 bits per heavy atom. The Kier molecular flexibility index (Phi) is 6.26. The van der Waals surface area contributed by atoms with Crippen LogP contribution in [0.1, 0.15) is 40.0 Å². The molecule has 32 heavy (non-hydrogen) atoms. The van der Waals surface area contributed by atoms with Crippen LogP contribution in [0.2, 0.25) is 0 Å². The van der Waals surface area contributed by atoms with Crippen LogP contribution in [0.3, 0.4) is 0 Å². The number of amides is 1. The number of hydrogen-bond donors (Lipinski definition) is 1. The third kappa shape index (κ3) is 5.19. The van der Waals surface area contributed by atoms with Crippen LogP contribution in [0.5, 0.6) is 11.6 Å². The molecule has 0 aliphatic heterocycles. The van der Waals surface area contributed by atoms with Gasteiger partial charge in [0.2, 0.25) is 5.88 Å². The summed E-state index contributed by atoms with van der Waals surface area (Å²) >= 11 is 0. The summed E-state index contributed by atoms with van der Waals surface area (Å²) in [4.78, 5) is 21.6. The van der Waals surface area contributed by atoms with E-state index >= 15 is 0 Å². The number of benzene rings is 3. The number of aryl methyl sites for hydroxylation is 2. The maximum atomic E-state index is 12.8. The highest BCUT2D eigenvalue weighted by molar-refractivity contribution is 5.94. The summed E-state index contributed by atoms with van der Waals surface area (Å²) < 4.78 is 5.93. The molecule has 1 atom stereocenters. The quantitative estimate of drug-likeness (QED) is 0.410. The summed E-state index contributed by atoms with van der Waals surface area (Å²) in [7, 11) is 0. The number of carbonyl (C=O) groups excluding carboxylic acids is 1. The summed E-state index contributed by atoms with van der Waals surface area (Å²) in [6.45, 7) is 6.05. The highest BCUT2D eigenvalue weighted by atomic mass is 16.5. The van der Waals surface area contributed by atoms with Crippen molar-refractivity contribution in [3.05, 3.63) is 107 Å². The first-order valence-corrected chi connectivity index (χ1v) is 10.5. The lowest BCUT2D eigenvalue weighted by Crippen LogP contribution is -2.26. The minimum Gasteiger partial charge on any atom is -0.439 e. The fourth-order valence-electron chi connectivity index (χ4n) is 3.28. The van der Waals surface area contributed by atoms with Crippen molar-refractivity contribution in [2.45, 2.75) is 26.8 Å². The summed E-state index contributed by atoms with van der Waals surface area (Å²) in [5.41, 5.74) is 4.86. The lowest BCUT2D eigenvalue weighted by Gasteiger charge is -2.15. The van der Waals surface area contributed by atoms with Crippen molar-refractivity contribution in [2.75, 3.05) is 0 Å². The summed E-state index contributed by atoms with van der Waals surface area (Å²) in [6.07, 6.45) is 1.66. The molecule has 0 radical (unpaired) electrons. The zero-order valence-electron chi connectivity index (χ0n) is 18.4. The van der Waals surface area contributed by atoms with Gasteiger partial charge in [0.15, 0.2) is 5.82 Å². The molecule has 0 aliphatic carbocycles. The predicted molar refractivity (Wildman–Crippen MR) is 126 cm³/mol. The normalized spacial score (nSPS) is 11.6. The lowest BCUT2D eigenvalue weighted by molar-refractivity contribution is 0.0939. The van der Waals surface area contributed by atoms with Crippen LogP contribution in [0.25, 0.3) is 11.4 Å². The van der Waals surface area contributed by atoms with Gasteiger partial charge in [-0.3, -0.25) is 4.79 Å². The van der Waals surface area contributed by atoms with Crippen molar-refractivity contribution in [1.29, 1.82) is 0 Å². The number of hydrogen-bond acceptors (Lipinski definition) is 4. The van der Waals surface area contributed by atoms with E-state index in [1.807, 2.05) is 69.3 Å². The molecule has 0 bridgehead atoms. The number of rotatable bonds is 6. The van der Waals surface area contributed by atoms with Crippen molar-refractivity contribution in [1.82, 2.24) is 15.3 Å². The van der Waals surface area contributed by atoms with Crippen LogP contribution in [-0.2, 0) is 0 Å². The minimum atomic E-state index is -0.161. The second-order valence-corrected chi connectivity index (χ2v) is 7.82. The van der Waals surface area contributed by atoms with Crippen molar-refractivity contribution in [3.63, 3.8) is 0 Å². The molecule has 3 aromatic carbocycles. The molecule has 1 heterocycles. The van der Waals surface area contributed by atoms with Crippen LogP contribution in [0, 0.1) is 13.8 Å². The van der Waals surface area contributed by atoms with Gasteiger partial charge in [0.1, 0.15) is 5.75 Å². The van der Waals surface area contributed by atoms with Gasteiger partial charge >= 0.3 is 0 Å². The van der Waals surface area contributed by atoms with Crippen molar-refractivity contribution < 1.29 is 9.53 Å². The van der Waals surface area contributed by atoms with Gasteiger partial charge in [0, 0.05) is 23.4 Å². The molecular weight excluding hydrogens is 398 g/mol. The summed E-state index contributed by atoms with van der Waals surface area (Å²) in [5, 5.41) is 3.04. The van der Waals surface area contributed by atoms with E-state index in [1.54, 1.807) is 36.5 Å². The Bertz CT molecular complexity index is 1220. The average molecular weight is 424 g/mol. The molecule has 0 saturated carbocycles. The number of ether oxygens (including phenoxy) is 1. The highest BCUT2D eigenvalue weighted by Gasteiger charge is 2.13. The van der Waals surface area contributed by atoms with Gasteiger partial charge < -0.3 is 10.1 Å². The third-order valence-electron chi connectivity index (χ3n) is 5.18. The molecule has 5 heteroatoms. The van der Waals surface area contributed by atoms with E-state index in [1.165, 1.54) is 11.1 Å². The Hall–Kier alpha value is -3.99. The molecule has 4 aromatic rings. The number of carbonyl (C=O) groups is 1. The monoisotopic (exact) mass is 423 g/mol. The fraction of sp³-hybridized carbons (Fsp3) is 0.148. The van der Waals surface area contributed by atoms with Crippen molar-refractivity contribution in [3.8, 4) is 23.0 Å². The fourth-order valence-corrected chi connectivity index (χ4v) is 3.28. The highest BCUT2D eigenvalue weighted by Crippen LogP contribution is 2.24. The molecule has 160 valence electrons. The molecule has 0 spiro atoms. The molecule has 0 fully saturated rings. The lowest BCUT2D eigenvalue weighted by atomic mass is 10.1. The van der Waals surface area contributed by atoms with Crippen LogP contribution < -0.4 is 10.1 Å². The van der Waals surface area contributed by atoms with Crippen LogP contribution >= 0.6 is 0 Å². The second kappa shape index (κ2) is 9.43. The average Bonchev–Trinajstić information content (AvgIpc) is 2.80. The van der Waals surface area contributed by atoms with Gasteiger partial charge in [-0.2, -0.15) is 4.98 Å². The predicted octanol–water partition coefficient (Wildman–Crippen LogP) is 6.04. The maximum Gasteiger partial charge on any atom is 0.251 e. The summed E-state index contributed by atoms with van der Waals surface area (Å²) in [6, 6.07) is 24.8. The number of nitrogens with one attached hydrogen (secondary N) is 1. The van der Waals surface area contributed by atoms with Gasteiger partial charge in [-0.15, -0.1) is 0 Å². The molecule has 1 aromatic heterocycles. The zero-order valence-corrected chi connectivity index (χ0v) is 18.4. The Morgan fingerprint density at radius 1 is 0.906 bits per heavy atom. The largest absolute Gasteiger partial charge is 0.439 e. The Balaban J connectivity index is 1.47. The molecule has 0 unspecified atom stereocenters. The van der Waals surface area contributed by atoms with E-state index in [9.17, 15) is 4.79 Å². The van der Waals surface area contributed by atoms with Crippen molar-refractivity contribution >= 4 is 5.91 Å². The first-order valence-electron chi connectivity index (χ1n) is 10.5.